The molecule has 0 amide bonds. The van der Waals surface area contributed by atoms with Crippen molar-refractivity contribution in [2.45, 2.75) is 88.7 Å². The number of hydrogen-bond donors (Lipinski definition) is 2. The molecular weight excluding hydrogens is 654 g/mol. The molecule has 5 fully saturated rings. The minimum absolute atomic E-state index is 0.0403. The number of hydrogen-bond acceptors (Lipinski definition) is 10. The van der Waals surface area contributed by atoms with Crippen LogP contribution in [-0.4, -0.2) is 87.8 Å². The number of nitrogens with zero attached hydrogens (tertiary/aromatic N) is 6. The molecule has 3 saturated heterocycles. The fourth-order valence-electron chi connectivity index (χ4n) is 8.91. The number of halogens is 6. The topological polar surface area (TPSA) is 115 Å². The summed E-state index contributed by atoms with van der Waals surface area (Å²) in [5, 5.41) is 3.78. The summed E-state index contributed by atoms with van der Waals surface area (Å²) < 4.78 is 101. The Balaban J connectivity index is 1.13. The first kappa shape index (κ1) is 31.3. The zero-order chi connectivity index (χ0) is 34.2. The molecular formula is C33H36F6N8O2. The number of ether oxygens (including phenoxy) is 2. The van der Waals surface area contributed by atoms with Crippen LogP contribution in [0.25, 0.3) is 22.2 Å². The van der Waals surface area contributed by atoms with Gasteiger partial charge in [-0.1, -0.05) is 0 Å². The van der Waals surface area contributed by atoms with Crippen LogP contribution in [0.1, 0.15) is 56.7 Å². The van der Waals surface area contributed by atoms with E-state index >= 15 is 4.39 Å². The molecule has 2 saturated carbocycles. The van der Waals surface area contributed by atoms with Crippen LogP contribution >= 0.6 is 0 Å². The number of aromatic nitrogens is 4. The number of nitrogens with one attached hydrogen (secondary N) is 1. The van der Waals surface area contributed by atoms with Gasteiger partial charge in [-0.3, -0.25) is 0 Å². The van der Waals surface area contributed by atoms with Gasteiger partial charge >= 0.3 is 12.2 Å². The number of pyridine rings is 2. The third kappa shape index (κ3) is 4.90. The first-order valence-electron chi connectivity index (χ1n) is 16.8. The van der Waals surface area contributed by atoms with E-state index in [-0.39, 0.29) is 65.2 Å². The highest BCUT2D eigenvalue weighted by Gasteiger charge is 2.72. The van der Waals surface area contributed by atoms with Gasteiger partial charge in [-0.2, -0.15) is 23.1 Å². The highest BCUT2D eigenvalue weighted by Crippen LogP contribution is 2.65. The Bertz CT molecular complexity index is 1890. The minimum atomic E-state index is -4.88. The zero-order valence-electron chi connectivity index (χ0n) is 27.0. The highest BCUT2D eigenvalue weighted by molar-refractivity contribution is 5.97. The summed E-state index contributed by atoms with van der Waals surface area (Å²) in [6, 6.07) is 0.813. The summed E-state index contributed by atoms with van der Waals surface area (Å²) in [7, 11) is 0. The molecule has 10 nitrogen and oxygen atoms in total. The molecule has 2 aliphatic carbocycles. The Morgan fingerprint density at radius 3 is 2.59 bits per heavy atom. The van der Waals surface area contributed by atoms with Crippen LogP contribution in [0.3, 0.4) is 0 Å². The molecule has 16 heteroatoms. The van der Waals surface area contributed by atoms with Crippen molar-refractivity contribution in [2.24, 2.45) is 10.8 Å². The normalized spacial score (nSPS) is 30.7. The molecule has 262 valence electrons. The molecule has 3 aromatic heterocycles. The predicted octanol–water partition coefficient (Wildman–Crippen LogP) is 5.12. The quantitative estimate of drug-likeness (QED) is 0.338. The second-order valence-corrected chi connectivity index (χ2v) is 15.1. The Hall–Kier alpha value is -3.66. The second-order valence-electron chi connectivity index (χ2n) is 15.1. The molecule has 6 aliphatic rings. The number of aryl methyl sites for hydroxylation is 1. The molecule has 3 aromatic rings. The molecule has 49 heavy (non-hydrogen) atoms. The van der Waals surface area contributed by atoms with Crippen LogP contribution < -0.4 is 25.4 Å². The Morgan fingerprint density at radius 1 is 1.12 bits per heavy atom. The van der Waals surface area contributed by atoms with Gasteiger partial charge < -0.3 is 30.3 Å². The Kier molecular flexibility index (Phi) is 6.53. The fourth-order valence-corrected chi connectivity index (χ4v) is 8.91. The van der Waals surface area contributed by atoms with Crippen molar-refractivity contribution < 1.29 is 35.8 Å². The van der Waals surface area contributed by atoms with E-state index in [2.05, 4.69) is 30.1 Å². The lowest BCUT2D eigenvalue weighted by atomic mass is 9.99. The SMILES string of the molecule is Cc1nc(N)cc(-c2nc3c4c(nc(OCC5(CN6CCC7(C6)CC7(F)F)CC5)nc4c2F)N2C[C@H]4CC[C@H](N4)[C@H]2[C@H](C)O3)c1C(F)(F)F. The van der Waals surface area contributed by atoms with Gasteiger partial charge in [0.15, 0.2) is 5.82 Å². The van der Waals surface area contributed by atoms with Crippen LogP contribution in [0, 0.1) is 23.6 Å². The molecule has 3 N–H and O–H groups in total. The molecule has 5 atom stereocenters. The summed E-state index contributed by atoms with van der Waals surface area (Å²) in [6.45, 7) is 5.30. The maximum absolute atomic E-state index is 16.8. The van der Waals surface area contributed by atoms with Gasteiger partial charge in [0.25, 0.3) is 5.92 Å². The number of alkyl halides is 5. The standard InChI is InChI=1S/C33H36F6N8O2/c1-15-22(33(37,38)39)18(9-20(40)41-15)24-23(34)25-21-27(47-10-17-3-4-19(42-17)26(47)16(2)49-28(21)43-24)45-29(44-25)48-14-30(5-6-30)12-46-8-7-31(13-46)11-32(31,35)36/h9,16-17,19,26,42H,3-8,10-14H2,1-2H3,(H2,40,41)/t16-,17+,19-,26+,31?/m0/s1. The maximum Gasteiger partial charge on any atom is 0.418 e. The number of likely N-dealkylation sites (tertiary alicyclic amines) is 1. The van der Waals surface area contributed by atoms with Crippen molar-refractivity contribution in [2.75, 3.05) is 43.4 Å². The Morgan fingerprint density at radius 2 is 1.90 bits per heavy atom. The van der Waals surface area contributed by atoms with Gasteiger partial charge in [0.2, 0.25) is 5.88 Å². The van der Waals surface area contributed by atoms with Crippen LogP contribution in [0.15, 0.2) is 6.07 Å². The Labute approximate surface area is 277 Å². The average Bonchev–Trinajstić information content (AvgIpc) is 3.78. The highest BCUT2D eigenvalue weighted by atomic mass is 19.4. The number of anilines is 2. The van der Waals surface area contributed by atoms with Crippen molar-refractivity contribution in [3.05, 3.63) is 23.1 Å². The third-order valence-electron chi connectivity index (χ3n) is 11.7. The first-order valence-corrected chi connectivity index (χ1v) is 16.8. The van der Waals surface area contributed by atoms with Gasteiger partial charge in [0.1, 0.15) is 34.3 Å². The zero-order valence-corrected chi connectivity index (χ0v) is 27.0. The van der Waals surface area contributed by atoms with E-state index in [0.717, 1.165) is 38.7 Å². The van der Waals surface area contributed by atoms with E-state index in [1.807, 2.05) is 6.92 Å². The minimum Gasteiger partial charge on any atom is -0.472 e. The summed E-state index contributed by atoms with van der Waals surface area (Å²) in [4.78, 5) is 21.6. The summed E-state index contributed by atoms with van der Waals surface area (Å²) in [5.41, 5.74) is 1.65. The monoisotopic (exact) mass is 690 g/mol. The number of nitrogen functional groups attached to an aromatic ring is 1. The van der Waals surface area contributed by atoms with Crippen LogP contribution in [0.4, 0.5) is 38.0 Å². The molecule has 4 aliphatic heterocycles. The van der Waals surface area contributed by atoms with Crippen LogP contribution in [0.5, 0.6) is 11.9 Å². The summed E-state index contributed by atoms with van der Waals surface area (Å²) >= 11 is 0. The maximum atomic E-state index is 16.8. The van der Waals surface area contributed by atoms with E-state index in [1.165, 1.54) is 0 Å². The van der Waals surface area contributed by atoms with Gasteiger partial charge in [-0.05, 0) is 58.6 Å². The predicted molar refractivity (Wildman–Crippen MR) is 166 cm³/mol. The van der Waals surface area contributed by atoms with Gasteiger partial charge in [-0.25, -0.2) is 23.1 Å². The van der Waals surface area contributed by atoms with Crippen molar-refractivity contribution in [3.63, 3.8) is 0 Å². The number of nitrogens with two attached hydrogens (primary N) is 1. The van der Waals surface area contributed by atoms with E-state index in [0.29, 0.717) is 38.4 Å². The van der Waals surface area contributed by atoms with Gasteiger partial charge in [0.05, 0.1) is 29.3 Å². The van der Waals surface area contributed by atoms with E-state index in [4.69, 9.17) is 20.2 Å². The third-order valence-corrected chi connectivity index (χ3v) is 11.7. The lowest BCUT2D eigenvalue weighted by Crippen LogP contribution is -2.62. The van der Waals surface area contributed by atoms with Crippen molar-refractivity contribution in [1.82, 2.24) is 30.2 Å². The van der Waals surface area contributed by atoms with E-state index in [9.17, 15) is 22.0 Å². The van der Waals surface area contributed by atoms with Crippen molar-refractivity contribution >= 4 is 22.5 Å². The molecule has 9 rings (SSSR count). The molecule has 7 heterocycles. The summed E-state index contributed by atoms with van der Waals surface area (Å²) in [6.07, 6.45) is -1.48. The van der Waals surface area contributed by atoms with Crippen molar-refractivity contribution in [3.8, 4) is 23.1 Å². The molecule has 0 aromatic carbocycles. The molecule has 1 unspecified atom stereocenters. The fraction of sp³-hybridized carbons (Fsp3) is 0.636. The van der Waals surface area contributed by atoms with Crippen molar-refractivity contribution in [1.29, 1.82) is 0 Å². The smallest absolute Gasteiger partial charge is 0.418 e. The number of rotatable bonds is 6. The van der Waals surface area contributed by atoms with E-state index < -0.39 is 51.9 Å². The number of piperazine rings is 1. The first-order chi connectivity index (χ1) is 23.2. The molecule has 2 bridgehead atoms. The largest absolute Gasteiger partial charge is 0.472 e. The van der Waals surface area contributed by atoms with E-state index in [1.54, 1.807) is 0 Å². The summed E-state index contributed by atoms with van der Waals surface area (Å²) in [5.74, 6) is -3.65. The average molecular weight is 691 g/mol. The number of fused-ring (bicyclic) bond motifs is 5. The second kappa shape index (κ2) is 10.2. The van der Waals surface area contributed by atoms with Gasteiger partial charge in [0, 0.05) is 49.1 Å². The lowest BCUT2D eigenvalue weighted by molar-refractivity contribution is -0.137. The van der Waals surface area contributed by atoms with Crippen LogP contribution in [0.2, 0.25) is 0 Å². The van der Waals surface area contributed by atoms with Crippen LogP contribution in [-0.2, 0) is 6.18 Å². The molecule has 1 spiro atoms. The lowest BCUT2D eigenvalue weighted by Gasteiger charge is -2.42. The molecule has 0 radical (unpaired) electrons. The van der Waals surface area contributed by atoms with Gasteiger partial charge in [-0.15, -0.1) is 0 Å².